The van der Waals surface area contributed by atoms with Crippen molar-refractivity contribution in [3.05, 3.63) is 34.4 Å². The maximum Gasteiger partial charge on any atom is 0.259 e. The summed E-state index contributed by atoms with van der Waals surface area (Å²) in [5.41, 5.74) is 5.15. The minimum atomic E-state index is -1.26. The van der Waals surface area contributed by atoms with E-state index in [-0.39, 0.29) is 18.3 Å². The molecule has 1 aromatic carbocycles. The molecule has 1 heterocycles. The zero-order chi connectivity index (χ0) is 22.4. The number of aryl methyl sites for hydroxylation is 3. The van der Waals surface area contributed by atoms with Gasteiger partial charge >= 0.3 is 0 Å². The van der Waals surface area contributed by atoms with Crippen molar-refractivity contribution < 1.29 is 13.8 Å². The molecule has 0 bridgehead atoms. The molecule has 2 rings (SSSR count). The summed E-state index contributed by atoms with van der Waals surface area (Å²) in [4.78, 5) is 0. The first-order chi connectivity index (χ1) is 14.2. The van der Waals surface area contributed by atoms with Gasteiger partial charge in [-0.15, -0.1) is 0 Å². The number of nitrogens with zero attached hydrogens (tertiary/aromatic N) is 2. The van der Waals surface area contributed by atoms with Crippen LogP contribution in [0.2, 0.25) is 0 Å². The van der Waals surface area contributed by atoms with Gasteiger partial charge in [0.25, 0.3) is 8.53 Å². The van der Waals surface area contributed by atoms with Crippen LogP contribution in [0.15, 0.2) is 12.1 Å². The monoisotopic (exact) mass is 434 g/mol. The third kappa shape index (κ3) is 6.25. The van der Waals surface area contributed by atoms with Crippen molar-refractivity contribution in [2.45, 2.75) is 105 Å². The molecule has 0 aromatic heterocycles. The van der Waals surface area contributed by atoms with E-state index < -0.39 is 8.53 Å². The molecular formula is C24H39N2O3P. The van der Waals surface area contributed by atoms with Gasteiger partial charge in [0.15, 0.2) is 0 Å². The molecule has 0 aliphatic carbocycles. The van der Waals surface area contributed by atoms with Gasteiger partial charge in [0.05, 0.1) is 37.4 Å². The van der Waals surface area contributed by atoms with Crippen LogP contribution in [0.4, 0.5) is 0 Å². The molecule has 1 aromatic rings. The fourth-order valence-electron chi connectivity index (χ4n) is 4.13. The summed E-state index contributed by atoms with van der Waals surface area (Å²) < 4.78 is 21.5. The second-order valence-electron chi connectivity index (χ2n) is 8.79. The topological polar surface area (TPSA) is 54.7 Å². The zero-order valence-electron chi connectivity index (χ0n) is 19.9. The van der Waals surface area contributed by atoms with Gasteiger partial charge < -0.3 is 13.8 Å². The van der Waals surface area contributed by atoms with Crippen molar-refractivity contribution in [3.8, 4) is 6.07 Å². The van der Waals surface area contributed by atoms with Crippen LogP contribution in [0.1, 0.15) is 82.2 Å². The van der Waals surface area contributed by atoms with Crippen molar-refractivity contribution in [3.63, 3.8) is 0 Å². The molecule has 168 valence electrons. The van der Waals surface area contributed by atoms with Gasteiger partial charge in [0, 0.05) is 18.5 Å². The number of hydrogen-bond donors (Lipinski definition) is 0. The fraction of sp³-hybridized carbons (Fsp3) is 0.708. The minimum absolute atomic E-state index is 0.0193. The number of rotatable bonds is 10. The van der Waals surface area contributed by atoms with Gasteiger partial charge in [-0.2, -0.15) is 5.26 Å². The Bertz CT molecular complexity index is 724. The molecule has 4 atom stereocenters. The maximum atomic E-state index is 8.93. The zero-order valence-corrected chi connectivity index (χ0v) is 20.8. The number of hydrogen-bond acceptors (Lipinski definition) is 5. The molecule has 0 N–H and O–H groups in total. The van der Waals surface area contributed by atoms with Crippen molar-refractivity contribution in [2.24, 2.45) is 0 Å². The highest BCUT2D eigenvalue weighted by Gasteiger charge is 2.40. The average molecular weight is 435 g/mol. The van der Waals surface area contributed by atoms with Crippen LogP contribution in [0.3, 0.4) is 0 Å². The van der Waals surface area contributed by atoms with E-state index in [4.69, 9.17) is 19.0 Å². The maximum absolute atomic E-state index is 8.93. The van der Waals surface area contributed by atoms with Crippen LogP contribution < -0.4 is 0 Å². The van der Waals surface area contributed by atoms with Crippen LogP contribution in [0, 0.1) is 32.1 Å². The Labute approximate surface area is 184 Å². The summed E-state index contributed by atoms with van der Waals surface area (Å²) in [6.45, 7) is 17.7. The largest absolute Gasteiger partial charge is 0.367 e. The number of nitriles is 1. The standard InChI is InChI=1S/C24H39N2O3P/c1-9-22-24(15-23(28-22)21-14-19(7)18(6)13-20(21)8)29-30(27-12-10-11-25)26(16(2)3)17(4)5/h13-14,16-17,22-24H,9-10,12,15H2,1-8H3/t22-,23-,24-,30?/m1/s1. The Morgan fingerprint density at radius 1 is 1.13 bits per heavy atom. The number of benzene rings is 1. The molecule has 1 aliphatic rings. The lowest BCUT2D eigenvalue weighted by atomic mass is 9.95. The Morgan fingerprint density at radius 3 is 2.33 bits per heavy atom. The molecule has 6 heteroatoms. The van der Waals surface area contributed by atoms with Gasteiger partial charge in [-0.05, 0) is 77.1 Å². The lowest BCUT2D eigenvalue weighted by Crippen LogP contribution is -2.35. The fourth-order valence-corrected chi connectivity index (χ4v) is 5.89. The van der Waals surface area contributed by atoms with Crippen molar-refractivity contribution in [2.75, 3.05) is 6.61 Å². The van der Waals surface area contributed by atoms with E-state index >= 15 is 0 Å². The van der Waals surface area contributed by atoms with E-state index in [2.05, 4.69) is 78.3 Å². The lowest BCUT2D eigenvalue weighted by Gasteiger charge is -2.37. The molecule has 1 saturated heterocycles. The Morgan fingerprint density at radius 2 is 1.77 bits per heavy atom. The Balaban J connectivity index is 2.22. The molecule has 30 heavy (non-hydrogen) atoms. The first kappa shape index (κ1) is 25.2. The molecule has 0 radical (unpaired) electrons. The molecule has 0 spiro atoms. The highest BCUT2D eigenvalue weighted by molar-refractivity contribution is 7.44. The highest BCUT2D eigenvalue weighted by Crippen LogP contribution is 2.51. The summed E-state index contributed by atoms with van der Waals surface area (Å²) in [6, 6.07) is 7.26. The van der Waals surface area contributed by atoms with E-state index in [1.165, 1.54) is 22.3 Å². The third-order valence-electron chi connectivity index (χ3n) is 5.72. The first-order valence-corrected chi connectivity index (χ1v) is 12.3. The van der Waals surface area contributed by atoms with Gasteiger partial charge in [0.2, 0.25) is 0 Å². The quantitative estimate of drug-likeness (QED) is 0.310. The summed E-state index contributed by atoms with van der Waals surface area (Å²) in [5.74, 6) is 0. The van der Waals surface area contributed by atoms with Gasteiger partial charge in [0.1, 0.15) is 0 Å². The first-order valence-electron chi connectivity index (χ1n) is 11.2. The highest BCUT2D eigenvalue weighted by atomic mass is 31.2. The summed E-state index contributed by atoms with van der Waals surface area (Å²) in [6.07, 6.45) is 2.16. The van der Waals surface area contributed by atoms with Crippen molar-refractivity contribution in [1.29, 1.82) is 5.26 Å². The SMILES string of the molecule is CC[C@H]1O[C@@H](c2cc(C)c(C)cc2C)C[C@H]1OP(OCCC#N)N(C(C)C)C(C)C. The van der Waals surface area contributed by atoms with Gasteiger partial charge in [-0.1, -0.05) is 19.1 Å². The third-order valence-corrected chi connectivity index (χ3v) is 7.88. The Kier molecular flexibility index (Phi) is 9.72. The molecule has 1 aliphatic heterocycles. The molecule has 5 nitrogen and oxygen atoms in total. The Hall–Kier alpha value is -1.02. The summed E-state index contributed by atoms with van der Waals surface area (Å²) in [5, 5.41) is 8.93. The molecule has 0 amide bonds. The predicted molar refractivity (Wildman–Crippen MR) is 123 cm³/mol. The average Bonchev–Trinajstić information content (AvgIpc) is 3.06. The second-order valence-corrected chi connectivity index (χ2v) is 10.2. The normalized spacial score (nSPS) is 22.8. The molecular weight excluding hydrogens is 395 g/mol. The lowest BCUT2D eigenvalue weighted by molar-refractivity contribution is 0.00940. The molecule has 1 unspecified atom stereocenters. The van der Waals surface area contributed by atoms with Crippen molar-refractivity contribution >= 4 is 8.53 Å². The van der Waals surface area contributed by atoms with E-state index in [1.807, 2.05) is 0 Å². The van der Waals surface area contributed by atoms with Crippen molar-refractivity contribution in [1.82, 2.24) is 4.67 Å². The summed E-state index contributed by atoms with van der Waals surface area (Å²) >= 11 is 0. The predicted octanol–water partition coefficient (Wildman–Crippen LogP) is 6.51. The van der Waals surface area contributed by atoms with E-state index in [0.717, 1.165) is 12.8 Å². The van der Waals surface area contributed by atoms with E-state index in [0.29, 0.717) is 25.1 Å². The van der Waals surface area contributed by atoms with E-state index in [1.54, 1.807) is 0 Å². The summed E-state index contributed by atoms with van der Waals surface area (Å²) in [7, 11) is -1.26. The van der Waals surface area contributed by atoms with Crippen LogP contribution in [-0.2, 0) is 13.8 Å². The van der Waals surface area contributed by atoms with Crippen LogP contribution in [-0.4, -0.2) is 35.6 Å². The second kappa shape index (κ2) is 11.6. The molecule has 0 saturated carbocycles. The smallest absolute Gasteiger partial charge is 0.259 e. The van der Waals surface area contributed by atoms with Crippen LogP contribution in [0.25, 0.3) is 0 Å². The van der Waals surface area contributed by atoms with Crippen LogP contribution in [0.5, 0.6) is 0 Å². The minimum Gasteiger partial charge on any atom is -0.367 e. The van der Waals surface area contributed by atoms with Gasteiger partial charge in [-0.3, -0.25) is 0 Å². The van der Waals surface area contributed by atoms with Crippen LogP contribution >= 0.6 is 8.53 Å². The number of ether oxygens (including phenoxy) is 1. The van der Waals surface area contributed by atoms with Gasteiger partial charge in [-0.25, -0.2) is 4.67 Å². The van der Waals surface area contributed by atoms with E-state index in [9.17, 15) is 0 Å². The molecule has 1 fully saturated rings.